The van der Waals surface area contributed by atoms with Gasteiger partial charge >= 0.3 is 0 Å². The second kappa shape index (κ2) is 9.14. The molecule has 112 valence electrons. The summed E-state index contributed by atoms with van der Waals surface area (Å²) in [4.78, 5) is 16.7. The summed E-state index contributed by atoms with van der Waals surface area (Å²) >= 11 is 3.41. The first kappa shape index (κ1) is 17.2. The van der Waals surface area contributed by atoms with Crippen molar-refractivity contribution in [3.8, 4) is 0 Å². The highest BCUT2D eigenvalue weighted by Crippen LogP contribution is 2.13. The molecule has 1 amide bonds. The second-order valence-corrected chi connectivity index (χ2v) is 5.69. The number of hydrogen-bond donors (Lipinski definition) is 0. The van der Waals surface area contributed by atoms with Crippen molar-refractivity contribution in [2.75, 3.05) is 32.7 Å². The summed E-state index contributed by atoms with van der Waals surface area (Å²) in [5.74, 6) is 0.119. The number of amides is 1. The zero-order valence-electron chi connectivity index (χ0n) is 12.7. The standard InChI is InChI=1S/C16H25BrN2O/c1-4-18(5-2)11-8-12-19(6-3)16(20)14-9-7-10-15(17)13-14/h7,9-10,13H,4-6,8,11-12H2,1-3H3. The van der Waals surface area contributed by atoms with Crippen LogP contribution in [-0.4, -0.2) is 48.4 Å². The van der Waals surface area contributed by atoms with E-state index in [0.29, 0.717) is 0 Å². The van der Waals surface area contributed by atoms with Crippen LogP contribution in [0.3, 0.4) is 0 Å². The van der Waals surface area contributed by atoms with Crippen LogP contribution in [0.1, 0.15) is 37.6 Å². The summed E-state index contributed by atoms with van der Waals surface area (Å²) in [5, 5.41) is 0. The monoisotopic (exact) mass is 340 g/mol. The number of nitrogens with zero attached hydrogens (tertiary/aromatic N) is 2. The third-order valence-electron chi connectivity index (χ3n) is 3.54. The zero-order chi connectivity index (χ0) is 15.0. The van der Waals surface area contributed by atoms with Gasteiger partial charge in [-0.3, -0.25) is 4.79 Å². The first-order valence-electron chi connectivity index (χ1n) is 7.39. The average Bonchev–Trinajstić information content (AvgIpc) is 2.47. The third-order valence-corrected chi connectivity index (χ3v) is 4.03. The molecule has 4 heteroatoms. The van der Waals surface area contributed by atoms with Gasteiger partial charge in [0.1, 0.15) is 0 Å². The van der Waals surface area contributed by atoms with E-state index >= 15 is 0 Å². The van der Waals surface area contributed by atoms with Crippen molar-refractivity contribution in [1.82, 2.24) is 9.80 Å². The van der Waals surface area contributed by atoms with E-state index in [0.717, 1.165) is 49.2 Å². The van der Waals surface area contributed by atoms with Crippen LogP contribution in [0.25, 0.3) is 0 Å². The van der Waals surface area contributed by atoms with E-state index in [1.807, 2.05) is 36.1 Å². The summed E-state index contributed by atoms with van der Waals surface area (Å²) in [6.07, 6.45) is 1.02. The fourth-order valence-electron chi connectivity index (χ4n) is 2.23. The quantitative estimate of drug-likeness (QED) is 0.721. The highest BCUT2D eigenvalue weighted by Gasteiger charge is 2.14. The SMILES string of the molecule is CCN(CC)CCCN(CC)C(=O)c1cccc(Br)c1. The number of hydrogen-bond acceptors (Lipinski definition) is 2. The molecule has 0 saturated heterocycles. The lowest BCUT2D eigenvalue weighted by Crippen LogP contribution is -2.34. The highest BCUT2D eigenvalue weighted by molar-refractivity contribution is 9.10. The summed E-state index contributed by atoms with van der Waals surface area (Å²) in [7, 11) is 0. The van der Waals surface area contributed by atoms with Gasteiger partial charge in [0.05, 0.1) is 0 Å². The molecule has 0 aliphatic rings. The van der Waals surface area contributed by atoms with Crippen molar-refractivity contribution in [2.45, 2.75) is 27.2 Å². The summed E-state index contributed by atoms with van der Waals surface area (Å²) in [6, 6.07) is 7.60. The molecular weight excluding hydrogens is 316 g/mol. The van der Waals surface area contributed by atoms with E-state index in [4.69, 9.17) is 0 Å². The normalized spacial score (nSPS) is 10.8. The number of rotatable bonds is 8. The number of halogens is 1. The molecule has 0 fully saturated rings. The fraction of sp³-hybridized carbons (Fsp3) is 0.562. The molecule has 0 aliphatic carbocycles. The van der Waals surface area contributed by atoms with E-state index in [1.165, 1.54) is 0 Å². The molecule has 20 heavy (non-hydrogen) atoms. The van der Waals surface area contributed by atoms with Crippen molar-refractivity contribution in [1.29, 1.82) is 0 Å². The minimum atomic E-state index is 0.119. The average molecular weight is 341 g/mol. The first-order chi connectivity index (χ1) is 9.62. The van der Waals surface area contributed by atoms with E-state index in [1.54, 1.807) is 0 Å². The van der Waals surface area contributed by atoms with Gasteiger partial charge in [-0.05, 0) is 51.2 Å². The predicted molar refractivity (Wildman–Crippen MR) is 88.1 cm³/mol. The third kappa shape index (κ3) is 5.25. The van der Waals surface area contributed by atoms with E-state index in [9.17, 15) is 4.79 Å². The predicted octanol–water partition coefficient (Wildman–Crippen LogP) is 3.64. The molecular formula is C16H25BrN2O. The minimum Gasteiger partial charge on any atom is -0.339 e. The van der Waals surface area contributed by atoms with Crippen molar-refractivity contribution in [3.63, 3.8) is 0 Å². The second-order valence-electron chi connectivity index (χ2n) is 4.78. The van der Waals surface area contributed by atoms with Gasteiger partial charge in [0.15, 0.2) is 0 Å². The molecule has 0 heterocycles. The van der Waals surface area contributed by atoms with E-state index in [2.05, 4.69) is 34.7 Å². The van der Waals surface area contributed by atoms with E-state index in [-0.39, 0.29) is 5.91 Å². The molecule has 0 N–H and O–H groups in total. The Balaban J connectivity index is 2.55. The molecule has 0 unspecified atom stereocenters. The lowest BCUT2D eigenvalue weighted by Gasteiger charge is -2.23. The van der Waals surface area contributed by atoms with Crippen LogP contribution in [0.4, 0.5) is 0 Å². The van der Waals surface area contributed by atoms with Gasteiger partial charge in [-0.15, -0.1) is 0 Å². The summed E-state index contributed by atoms with van der Waals surface area (Å²) in [6.45, 7) is 11.1. The Bertz CT molecular complexity index is 419. The van der Waals surface area contributed by atoms with Gasteiger partial charge in [0.25, 0.3) is 5.91 Å². The van der Waals surface area contributed by atoms with Crippen molar-refractivity contribution < 1.29 is 4.79 Å². The lowest BCUT2D eigenvalue weighted by atomic mass is 10.2. The van der Waals surface area contributed by atoms with Gasteiger partial charge in [-0.1, -0.05) is 35.8 Å². The van der Waals surface area contributed by atoms with Crippen LogP contribution in [0.5, 0.6) is 0 Å². The molecule has 0 aliphatic heterocycles. The van der Waals surface area contributed by atoms with Crippen LogP contribution in [0.2, 0.25) is 0 Å². The maximum absolute atomic E-state index is 12.4. The lowest BCUT2D eigenvalue weighted by molar-refractivity contribution is 0.0757. The maximum atomic E-state index is 12.4. The molecule has 0 atom stereocenters. The largest absolute Gasteiger partial charge is 0.339 e. The summed E-state index contributed by atoms with van der Waals surface area (Å²) < 4.78 is 0.947. The topological polar surface area (TPSA) is 23.6 Å². The molecule has 1 aromatic rings. The van der Waals surface area contributed by atoms with Gasteiger partial charge in [0.2, 0.25) is 0 Å². The van der Waals surface area contributed by atoms with Crippen LogP contribution in [0, 0.1) is 0 Å². The molecule has 0 saturated carbocycles. The molecule has 0 radical (unpaired) electrons. The molecule has 0 spiro atoms. The number of carbonyl (C=O) groups is 1. The van der Waals surface area contributed by atoms with Crippen molar-refractivity contribution in [2.24, 2.45) is 0 Å². The van der Waals surface area contributed by atoms with Gasteiger partial charge in [-0.2, -0.15) is 0 Å². The van der Waals surface area contributed by atoms with Crippen LogP contribution < -0.4 is 0 Å². The van der Waals surface area contributed by atoms with E-state index < -0.39 is 0 Å². The Hall–Kier alpha value is -0.870. The summed E-state index contributed by atoms with van der Waals surface area (Å²) in [5.41, 5.74) is 0.754. The molecule has 1 aromatic carbocycles. The molecule has 3 nitrogen and oxygen atoms in total. The Kier molecular flexibility index (Phi) is 7.85. The Morgan fingerprint density at radius 2 is 1.80 bits per heavy atom. The Morgan fingerprint density at radius 3 is 2.35 bits per heavy atom. The first-order valence-corrected chi connectivity index (χ1v) is 8.18. The smallest absolute Gasteiger partial charge is 0.253 e. The number of benzene rings is 1. The van der Waals surface area contributed by atoms with Gasteiger partial charge < -0.3 is 9.80 Å². The Labute approximate surface area is 131 Å². The van der Waals surface area contributed by atoms with Crippen LogP contribution >= 0.6 is 15.9 Å². The maximum Gasteiger partial charge on any atom is 0.253 e. The van der Waals surface area contributed by atoms with Crippen LogP contribution in [-0.2, 0) is 0 Å². The van der Waals surface area contributed by atoms with Gasteiger partial charge in [0, 0.05) is 23.1 Å². The minimum absolute atomic E-state index is 0.119. The molecule has 0 bridgehead atoms. The van der Waals surface area contributed by atoms with Crippen molar-refractivity contribution >= 4 is 21.8 Å². The highest BCUT2D eigenvalue weighted by atomic mass is 79.9. The fourth-order valence-corrected chi connectivity index (χ4v) is 2.63. The Morgan fingerprint density at radius 1 is 1.10 bits per heavy atom. The zero-order valence-corrected chi connectivity index (χ0v) is 14.3. The van der Waals surface area contributed by atoms with Gasteiger partial charge in [-0.25, -0.2) is 0 Å². The molecule has 0 aromatic heterocycles. The molecule has 1 rings (SSSR count). The van der Waals surface area contributed by atoms with Crippen LogP contribution in [0.15, 0.2) is 28.7 Å². The van der Waals surface area contributed by atoms with Crippen molar-refractivity contribution in [3.05, 3.63) is 34.3 Å². The number of carbonyl (C=O) groups excluding carboxylic acids is 1.